The normalized spacial score (nSPS) is 15.3. The van der Waals surface area contributed by atoms with Crippen LogP contribution in [0.15, 0.2) is 11.1 Å². The molecule has 1 aliphatic rings. The molecule has 0 radical (unpaired) electrons. The van der Waals surface area contributed by atoms with Gasteiger partial charge in [0.25, 0.3) is 0 Å². The van der Waals surface area contributed by atoms with E-state index in [1.165, 1.54) is 44.9 Å². The van der Waals surface area contributed by atoms with Crippen LogP contribution in [-0.2, 0) is 19.1 Å². The molecule has 0 saturated heterocycles. The van der Waals surface area contributed by atoms with Crippen LogP contribution in [0.25, 0.3) is 0 Å². The van der Waals surface area contributed by atoms with Crippen molar-refractivity contribution in [1.29, 1.82) is 0 Å². The fourth-order valence-corrected chi connectivity index (χ4v) is 4.49. The van der Waals surface area contributed by atoms with E-state index < -0.39 is 0 Å². The van der Waals surface area contributed by atoms with E-state index in [2.05, 4.69) is 20.8 Å². The van der Waals surface area contributed by atoms with Crippen LogP contribution in [0.5, 0.6) is 0 Å². The van der Waals surface area contributed by atoms with Crippen molar-refractivity contribution in [3.63, 3.8) is 0 Å². The molecule has 1 fully saturated rings. The molecule has 4 nitrogen and oxygen atoms in total. The highest BCUT2D eigenvalue weighted by Crippen LogP contribution is 2.34. The van der Waals surface area contributed by atoms with Gasteiger partial charge < -0.3 is 9.47 Å². The van der Waals surface area contributed by atoms with Gasteiger partial charge in [-0.1, -0.05) is 97.8 Å². The standard InChI is InChI=1S/C28H50O4/c1-4-7-10-11-12-13-14-18-21-25(27(29)31-22-8-5-2)26(24-19-16-15-17-20-24)28(30)32-23-9-6-3/h24H,4-23H2,1-3H3. The van der Waals surface area contributed by atoms with Crippen LogP contribution in [0.4, 0.5) is 0 Å². The zero-order chi connectivity index (χ0) is 23.4. The van der Waals surface area contributed by atoms with E-state index in [1.54, 1.807) is 0 Å². The predicted octanol–water partition coefficient (Wildman–Crippen LogP) is 8.08. The molecule has 32 heavy (non-hydrogen) atoms. The van der Waals surface area contributed by atoms with Gasteiger partial charge in [0.15, 0.2) is 0 Å². The molecule has 0 aromatic carbocycles. The molecule has 0 N–H and O–H groups in total. The molecular formula is C28H50O4. The Morgan fingerprint density at radius 1 is 0.625 bits per heavy atom. The number of carbonyl (C=O) groups excluding carboxylic acids is 2. The van der Waals surface area contributed by atoms with Gasteiger partial charge in [0, 0.05) is 5.57 Å². The van der Waals surface area contributed by atoms with Crippen LogP contribution < -0.4 is 0 Å². The third kappa shape index (κ3) is 12.1. The van der Waals surface area contributed by atoms with Crippen molar-refractivity contribution in [1.82, 2.24) is 0 Å². The van der Waals surface area contributed by atoms with Gasteiger partial charge >= 0.3 is 11.9 Å². The Kier molecular flexibility index (Phi) is 17.2. The minimum Gasteiger partial charge on any atom is -0.462 e. The third-order valence-corrected chi connectivity index (χ3v) is 6.55. The van der Waals surface area contributed by atoms with Crippen molar-refractivity contribution < 1.29 is 19.1 Å². The Morgan fingerprint density at radius 3 is 1.69 bits per heavy atom. The second kappa shape index (κ2) is 19.2. The average Bonchev–Trinajstić information content (AvgIpc) is 2.80. The first-order valence-corrected chi connectivity index (χ1v) is 13.7. The molecule has 1 saturated carbocycles. The molecule has 0 aliphatic heterocycles. The number of unbranched alkanes of at least 4 members (excludes halogenated alkanes) is 9. The van der Waals surface area contributed by atoms with Gasteiger partial charge in [-0.25, -0.2) is 9.59 Å². The average molecular weight is 451 g/mol. The molecule has 0 heterocycles. The van der Waals surface area contributed by atoms with Crippen LogP contribution in [0.1, 0.15) is 136 Å². The van der Waals surface area contributed by atoms with Crippen LogP contribution in [0.3, 0.4) is 0 Å². The quantitative estimate of drug-likeness (QED) is 0.120. The molecule has 0 spiro atoms. The Morgan fingerprint density at radius 2 is 1.12 bits per heavy atom. The van der Waals surface area contributed by atoms with Crippen LogP contribution in [-0.4, -0.2) is 25.2 Å². The molecule has 0 bridgehead atoms. The van der Waals surface area contributed by atoms with Crippen molar-refractivity contribution in [2.75, 3.05) is 13.2 Å². The number of ether oxygens (including phenoxy) is 2. The lowest BCUT2D eigenvalue weighted by atomic mass is 9.80. The number of esters is 2. The Hall–Kier alpha value is -1.32. The van der Waals surface area contributed by atoms with Crippen molar-refractivity contribution >= 4 is 11.9 Å². The Balaban J connectivity index is 2.89. The van der Waals surface area contributed by atoms with Crippen molar-refractivity contribution in [3.05, 3.63) is 11.1 Å². The van der Waals surface area contributed by atoms with Crippen molar-refractivity contribution in [2.45, 2.75) is 136 Å². The zero-order valence-corrected chi connectivity index (χ0v) is 21.4. The first kappa shape index (κ1) is 28.7. The van der Waals surface area contributed by atoms with Crippen LogP contribution in [0.2, 0.25) is 0 Å². The molecule has 1 aliphatic carbocycles. The minimum absolute atomic E-state index is 0.139. The van der Waals surface area contributed by atoms with Gasteiger partial charge in [-0.2, -0.15) is 0 Å². The highest BCUT2D eigenvalue weighted by Gasteiger charge is 2.30. The van der Waals surface area contributed by atoms with E-state index in [0.29, 0.717) is 30.8 Å². The van der Waals surface area contributed by atoms with Crippen LogP contribution >= 0.6 is 0 Å². The second-order valence-electron chi connectivity index (χ2n) is 9.43. The summed E-state index contributed by atoms with van der Waals surface area (Å²) in [5, 5.41) is 0. The van der Waals surface area contributed by atoms with Gasteiger partial charge in [0.2, 0.25) is 0 Å². The lowest BCUT2D eigenvalue weighted by molar-refractivity contribution is -0.143. The minimum atomic E-state index is -0.283. The van der Waals surface area contributed by atoms with Gasteiger partial charge in [0.05, 0.1) is 18.8 Å². The summed E-state index contributed by atoms with van der Waals surface area (Å²) in [6.45, 7) is 7.28. The van der Waals surface area contributed by atoms with E-state index in [4.69, 9.17) is 9.47 Å². The first-order chi connectivity index (χ1) is 15.7. The second-order valence-corrected chi connectivity index (χ2v) is 9.43. The largest absolute Gasteiger partial charge is 0.462 e. The third-order valence-electron chi connectivity index (χ3n) is 6.55. The fourth-order valence-electron chi connectivity index (χ4n) is 4.49. The molecule has 0 unspecified atom stereocenters. The van der Waals surface area contributed by atoms with E-state index >= 15 is 0 Å². The molecular weight excluding hydrogens is 400 g/mol. The molecule has 0 aromatic rings. The molecule has 186 valence electrons. The summed E-state index contributed by atoms with van der Waals surface area (Å²) in [6, 6.07) is 0. The molecule has 0 atom stereocenters. The summed E-state index contributed by atoms with van der Waals surface area (Å²) < 4.78 is 11.2. The van der Waals surface area contributed by atoms with Crippen LogP contribution in [0, 0.1) is 5.92 Å². The lowest BCUT2D eigenvalue weighted by Gasteiger charge is -2.26. The number of rotatable bonds is 18. The molecule has 1 rings (SSSR count). The summed E-state index contributed by atoms with van der Waals surface area (Å²) >= 11 is 0. The van der Waals surface area contributed by atoms with Crippen molar-refractivity contribution in [3.8, 4) is 0 Å². The fraction of sp³-hybridized carbons (Fsp3) is 0.857. The van der Waals surface area contributed by atoms with Gasteiger partial charge in [0.1, 0.15) is 0 Å². The summed E-state index contributed by atoms with van der Waals surface area (Å²) in [5.74, 6) is -0.414. The highest BCUT2D eigenvalue weighted by molar-refractivity contribution is 6.00. The summed E-state index contributed by atoms with van der Waals surface area (Å²) in [5.41, 5.74) is 1.26. The van der Waals surface area contributed by atoms with E-state index in [9.17, 15) is 9.59 Å². The molecule has 4 heteroatoms. The topological polar surface area (TPSA) is 52.6 Å². The summed E-state index contributed by atoms with van der Waals surface area (Å²) in [4.78, 5) is 26.2. The number of hydrogen-bond acceptors (Lipinski definition) is 4. The molecule has 0 amide bonds. The highest BCUT2D eigenvalue weighted by atomic mass is 16.5. The van der Waals surface area contributed by atoms with E-state index in [-0.39, 0.29) is 17.9 Å². The maximum Gasteiger partial charge on any atom is 0.334 e. The molecule has 0 aromatic heterocycles. The maximum absolute atomic E-state index is 13.1. The lowest BCUT2D eigenvalue weighted by Crippen LogP contribution is -2.24. The number of hydrogen-bond donors (Lipinski definition) is 0. The van der Waals surface area contributed by atoms with Gasteiger partial charge in [-0.3, -0.25) is 0 Å². The van der Waals surface area contributed by atoms with E-state index in [1.807, 2.05) is 0 Å². The van der Waals surface area contributed by atoms with Gasteiger partial charge in [-0.05, 0) is 44.4 Å². The first-order valence-electron chi connectivity index (χ1n) is 13.7. The summed E-state index contributed by atoms with van der Waals surface area (Å²) in [7, 11) is 0. The maximum atomic E-state index is 13.1. The van der Waals surface area contributed by atoms with Crippen molar-refractivity contribution in [2.24, 2.45) is 5.92 Å². The smallest absolute Gasteiger partial charge is 0.334 e. The Bertz CT molecular complexity index is 532. The monoisotopic (exact) mass is 450 g/mol. The predicted molar refractivity (Wildman–Crippen MR) is 133 cm³/mol. The number of carbonyl (C=O) groups is 2. The summed E-state index contributed by atoms with van der Waals surface area (Å²) in [6.07, 6.45) is 19.4. The zero-order valence-electron chi connectivity index (χ0n) is 21.4. The van der Waals surface area contributed by atoms with Gasteiger partial charge in [-0.15, -0.1) is 0 Å². The Labute approximate surface area is 197 Å². The SMILES string of the molecule is CCCCCCCCCCC(C(=O)OCCCC)=C(C(=O)OCCCC)C1CCCCC1. The van der Waals surface area contributed by atoms with E-state index in [0.717, 1.165) is 64.2 Å².